The van der Waals surface area contributed by atoms with Gasteiger partial charge in [0.25, 0.3) is 5.91 Å². The fourth-order valence-electron chi connectivity index (χ4n) is 1.55. The molecule has 2 rings (SSSR count). The summed E-state index contributed by atoms with van der Waals surface area (Å²) < 4.78 is 10.7. The van der Waals surface area contributed by atoms with E-state index in [0.29, 0.717) is 11.7 Å². The van der Waals surface area contributed by atoms with Crippen molar-refractivity contribution in [1.82, 2.24) is 4.98 Å². The number of methoxy groups -OCH3 is 1. The standard InChI is InChI=1S/C14H16N2O3S/c1-10(13(17)16-14-15-6-7-20-14)19-9-11-4-3-5-12(8-11)18-2/h3-8,10H,9H2,1-2H3,(H,15,16,17). The number of benzene rings is 1. The van der Waals surface area contributed by atoms with Crippen LogP contribution in [0.4, 0.5) is 5.13 Å². The third kappa shape index (κ3) is 4.04. The highest BCUT2D eigenvalue weighted by molar-refractivity contribution is 7.13. The first-order valence-electron chi connectivity index (χ1n) is 6.14. The van der Waals surface area contributed by atoms with E-state index in [4.69, 9.17) is 9.47 Å². The summed E-state index contributed by atoms with van der Waals surface area (Å²) in [5.41, 5.74) is 0.957. The maximum absolute atomic E-state index is 11.9. The molecule has 5 nitrogen and oxygen atoms in total. The number of carbonyl (C=O) groups excluding carboxylic acids is 1. The molecular weight excluding hydrogens is 276 g/mol. The molecule has 0 fully saturated rings. The number of hydrogen-bond donors (Lipinski definition) is 1. The van der Waals surface area contributed by atoms with E-state index in [-0.39, 0.29) is 5.91 Å². The minimum absolute atomic E-state index is 0.206. The van der Waals surface area contributed by atoms with E-state index in [1.54, 1.807) is 25.6 Å². The number of amides is 1. The molecule has 0 bridgehead atoms. The van der Waals surface area contributed by atoms with Gasteiger partial charge in [-0.3, -0.25) is 10.1 Å². The Morgan fingerprint density at radius 2 is 2.35 bits per heavy atom. The topological polar surface area (TPSA) is 60.5 Å². The highest BCUT2D eigenvalue weighted by atomic mass is 32.1. The third-order valence-electron chi connectivity index (χ3n) is 2.67. The number of thiazole rings is 1. The van der Waals surface area contributed by atoms with Crippen LogP contribution in [0, 0.1) is 0 Å². The molecule has 106 valence electrons. The molecule has 1 aromatic heterocycles. The monoisotopic (exact) mass is 292 g/mol. The molecule has 1 unspecified atom stereocenters. The van der Waals surface area contributed by atoms with E-state index in [2.05, 4.69) is 10.3 Å². The van der Waals surface area contributed by atoms with Gasteiger partial charge >= 0.3 is 0 Å². The molecule has 1 aromatic carbocycles. The van der Waals surface area contributed by atoms with Gasteiger partial charge in [-0.1, -0.05) is 12.1 Å². The summed E-state index contributed by atoms with van der Waals surface area (Å²) >= 11 is 1.37. The van der Waals surface area contributed by atoms with E-state index in [9.17, 15) is 4.79 Å². The highest BCUT2D eigenvalue weighted by Crippen LogP contribution is 2.15. The maximum atomic E-state index is 11.9. The van der Waals surface area contributed by atoms with Gasteiger partial charge < -0.3 is 9.47 Å². The Balaban J connectivity index is 1.84. The van der Waals surface area contributed by atoms with Crippen molar-refractivity contribution in [2.75, 3.05) is 12.4 Å². The van der Waals surface area contributed by atoms with Crippen LogP contribution in [0.3, 0.4) is 0 Å². The second-order valence-corrected chi connectivity index (χ2v) is 5.03. The largest absolute Gasteiger partial charge is 0.497 e. The van der Waals surface area contributed by atoms with Crippen LogP contribution in [0.15, 0.2) is 35.8 Å². The number of hydrogen-bond acceptors (Lipinski definition) is 5. The van der Waals surface area contributed by atoms with Crippen LogP contribution in [0.25, 0.3) is 0 Å². The molecule has 2 aromatic rings. The van der Waals surface area contributed by atoms with Crippen molar-refractivity contribution >= 4 is 22.4 Å². The van der Waals surface area contributed by atoms with Gasteiger partial charge in [-0.25, -0.2) is 4.98 Å². The Bertz CT molecular complexity index is 557. The minimum Gasteiger partial charge on any atom is -0.497 e. The Labute approximate surface area is 121 Å². The lowest BCUT2D eigenvalue weighted by Gasteiger charge is -2.12. The number of anilines is 1. The molecular formula is C14H16N2O3S. The molecule has 0 radical (unpaired) electrons. The van der Waals surface area contributed by atoms with Crippen LogP contribution in [0.5, 0.6) is 5.75 Å². The van der Waals surface area contributed by atoms with E-state index in [1.165, 1.54) is 11.3 Å². The number of ether oxygens (including phenoxy) is 2. The fraction of sp³-hybridized carbons (Fsp3) is 0.286. The van der Waals surface area contributed by atoms with E-state index in [1.807, 2.05) is 24.3 Å². The van der Waals surface area contributed by atoms with Gasteiger partial charge in [-0.05, 0) is 24.6 Å². The second-order valence-electron chi connectivity index (χ2n) is 4.13. The number of rotatable bonds is 6. The van der Waals surface area contributed by atoms with Crippen molar-refractivity contribution in [1.29, 1.82) is 0 Å². The first-order chi connectivity index (χ1) is 9.69. The van der Waals surface area contributed by atoms with Gasteiger partial charge in [0.05, 0.1) is 13.7 Å². The molecule has 0 saturated carbocycles. The quantitative estimate of drug-likeness (QED) is 0.889. The van der Waals surface area contributed by atoms with Gasteiger partial charge in [-0.15, -0.1) is 11.3 Å². The summed E-state index contributed by atoms with van der Waals surface area (Å²) in [6.45, 7) is 2.06. The molecule has 0 saturated heterocycles. The summed E-state index contributed by atoms with van der Waals surface area (Å²) in [6.07, 6.45) is 1.09. The Morgan fingerprint density at radius 1 is 1.50 bits per heavy atom. The predicted octanol–water partition coefficient (Wildman–Crippen LogP) is 2.70. The Morgan fingerprint density at radius 3 is 3.05 bits per heavy atom. The van der Waals surface area contributed by atoms with Crippen LogP contribution in [-0.2, 0) is 16.1 Å². The number of carbonyl (C=O) groups is 1. The maximum Gasteiger partial charge on any atom is 0.255 e. The third-order valence-corrected chi connectivity index (χ3v) is 3.35. The minimum atomic E-state index is -0.551. The van der Waals surface area contributed by atoms with Crippen LogP contribution in [-0.4, -0.2) is 24.1 Å². The van der Waals surface area contributed by atoms with Crippen LogP contribution in [0.2, 0.25) is 0 Å². The molecule has 0 aliphatic heterocycles. The average molecular weight is 292 g/mol. The highest BCUT2D eigenvalue weighted by Gasteiger charge is 2.14. The first-order valence-corrected chi connectivity index (χ1v) is 7.02. The van der Waals surface area contributed by atoms with Crippen molar-refractivity contribution in [3.8, 4) is 5.75 Å². The summed E-state index contributed by atoms with van der Waals surface area (Å²) in [7, 11) is 1.62. The van der Waals surface area contributed by atoms with Crippen molar-refractivity contribution in [2.45, 2.75) is 19.6 Å². The first kappa shape index (κ1) is 14.5. The lowest BCUT2D eigenvalue weighted by Crippen LogP contribution is -2.27. The zero-order valence-electron chi connectivity index (χ0n) is 11.3. The summed E-state index contributed by atoms with van der Waals surface area (Å²) in [4.78, 5) is 15.9. The Kier molecular flexibility index (Phi) is 5.09. The smallest absolute Gasteiger partial charge is 0.255 e. The zero-order chi connectivity index (χ0) is 14.4. The van der Waals surface area contributed by atoms with Crippen molar-refractivity contribution in [2.24, 2.45) is 0 Å². The zero-order valence-corrected chi connectivity index (χ0v) is 12.1. The van der Waals surface area contributed by atoms with Crippen molar-refractivity contribution in [3.05, 3.63) is 41.4 Å². The SMILES string of the molecule is COc1cccc(COC(C)C(=O)Nc2nccs2)c1. The molecule has 6 heteroatoms. The van der Waals surface area contributed by atoms with Gasteiger partial charge in [0, 0.05) is 11.6 Å². The Hall–Kier alpha value is -1.92. The van der Waals surface area contributed by atoms with Gasteiger partial charge in [0.15, 0.2) is 5.13 Å². The van der Waals surface area contributed by atoms with Crippen LogP contribution >= 0.6 is 11.3 Å². The summed E-state index contributed by atoms with van der Waals surface area (Å²) in [5, 5.41) is 5.08. The second kappa shape index (κ2) is 7.02. The molecule has 1 amide bonds. The van der Waals surface area contributed by atoms with Crippen LogP contribution in [0.1, 0.15) is 12.5 Å². The van der Waals surface area contributed by atoms with Crippen LogP contribution < -0.4 is 10.1 Å². The molecule has 20 heavy (non-hydrogen) atoms. The van der Waals surface area contributed by atoms with E-state index >= 15 is 0 Å². The van der Waals surface area contributed by atoms with Gasteiger partial charge in [0.2, 0.25) is 0 Å². The van der Waals surface area contributed by atoms with Crippen molar-refractivity contribution in [3.63, 3.8) is 0 Å². The normalized spacial score (nSPS) is 11.9. The van der Waals surface area contributed by atoms with E-state index < -0.39 is 6.10 Å². The summed E-state index contributed by atoms with van der Waals surface area (Å²) in [5.74, 6) is 0.564. The molecule has 0 spiro atoms. The fourth-order valence-corrected chi connectivity index (χ4v) is 2.08. The molecule has 0 aliphatic rings. The van der Waals surface area contributed by atoms with Crippen molar-refractivity contribution < 1.29 is 14.3 Å². The number of nitrogens with one attached hydrogen (secondary N) is 1. The summed E-state index contributed by atoms with van der Waals surface area (Å²) in [6, 6.07) is 7.55. The average Bonchev–Trinajstić information content (AvgIpc) is 2.97. The predicted molar refractivity (Wildman–Crippen MR) is 78.0 cm³/mol. The lowest BCUT2D eigenvalue weighted by atomic mass is 10.2. The molecule has 0 aliphatic carbocycles. The van der Waals surface area contributed by atoms with Gasteiger partial charge in [0.1, 0.15) is 11.9 Å². The van der Waals surface area contributed by atoms with Gasteiger partial charge in [-0.2, -0.15) is 0 Å². The van der Waals surface area contributed by atoms with E-state index in [0.717, 1.165) is 11.3 Å². The number of aromatic nitrogens is 1. The number of nitrogens with zero attached hydrogens (tertiary/aromatic N) is 1. The molecule has 1 heterocycles. The molecule has 1 N–H and O–H groups in total. The molecule has 1 atom stereocenters. The lowest BCUT2D eigenvalue weighted by molar-refractivity contribution is -0.127.